The van der Waals surface area contributed by atoms with Gasteiger partial charge in [-0.25, -0.2) is 0 Å². The molecule has 1 unspecified atom stereocenters. The highest BCUT2D eigenvalue weighted by atomic mass is 15.3. The molecular formula is C13H24N4. The Hall–Kier alpha value is -0.900. The summed E-state index contributed by atoms with van der Waals surface area (Å²) >= 11 is 0. The monoisotopic (exact) mass is 236 g/mol. The molecule has 0 spiro atoms. The molecule has 96 valence electrons. The third kappa shape index (κ3) is 3.06. The Morgan fingerprint density at radius 1 is 1.35 bits per heavy atom. The van der Waals surface area contributed by atoms with Gasteiger partial charge in [-0.2, -0.15) is 0 Å². The van der Waals surface area contributed by atoms with Crippen molar-refractivity contribution >= 4 is 0 Å². The molecule has 17 heavy (non-hydrogen) atoms. The van der Waals surface area contributed by atoms with Crippen LogP contribution in [0.25, 0.3) is 0 Å². The van der Waals surface area contributed by atoms with Gasteiger partial charge in [0.25, 0.3) is 0 Å². The maximum Gasteiger partial charge on any atom is 0.133 e. The van der Waals surface area contributed by atoms with Crippen LogP contribution in [0.15, 0.2) is 0 Å². The zero-order chi connectivity index (χ0) is 12.4. The number of rotatable bonds is 6. The average molecular weight is 236 g/mol. The van der Waals surface area contributed by atoms with Gasteiger partial charge in [0.15, 0.2) is 0 Å². The fourth-order valence-electron chi connectivity index (χ4n) is 2.55. The largest absolute Gasteiger partial charge is 0.330 e. The predicted molar refractivity (Wildman–Crippen MR) is 68.7 cm³/mol. The van der Waals surface area contributed by atoms with E-state index >= 15 is 0 Å². The first-order valence-electron chi connectivity index (χ1n) is 6.72. The first kappa shape index (κ1) is 12.6. The van der Waals surface area contributed by atoms with Crippen LogP contribution in [0.4, 0.5) is 0 Å². The molecule has 2 rings (SSSR count). The molecule has 0 aliphatic heterocycles. The third-order valence-electron chi connectivity index (χ3n) is 3.46. The topological polar surface area (TPSA) is 56.7 Å². The van der Waals surface area contributed by atoms with Crippen molar-refractivity contribution in [3.63, 3.8) is 0 Å². The number of nitrogens with two attached hydrogens (primary N) is 1. The predicted octanol–water partition coefficient (Wildman–Crippen LogP) is 2.08. The Morgan fingerprint density at radius 3 is 2.59 bits per heavy atom. The van der Waals surface area contributed by atoms with Crippen LogP contribution in [0.1, 0.15) is 50.8 Å². The minimum Gasteiger partial charge on any atom is -0.330 e. The van der Waals surface area contributed by atoms with Crippen molar-refractivity contribution in [2.75, 3.05) is 6.54 Å². The molecular weight excluding hydrogens is 212 g/mol. The van der Waals surface area contributed by atoms with E-state index in [1.165, 1.54) is 19.3 Å². The van der Waals surface area contributed by atoms with Gasteiger partial charge in [0.05, 0.1) is 0 Å². The fraction of sp³-hybridized carbons (Fsp3) is 0.846. The Balaban J connectivity index is 2.06. The molecule has 0 amide bonds. The highest BCUT2D eigenvalue weighted by molar-refractivity contribution is 5.02. The minimum absolute atomic E-state index is 0.538. The lowest BCUT2D eigenvalue weighted by atomic mass is 9.94. The van der Waals surface area contributed by atoms with Gasteiger partial charge in [-0.15, -0.1) is 10.2 Å². The molecule has 1 aromatic rings. The zero-order valence-corrected chi connectivity index (χ0v) is 11.2. The van der Waals surface area contributed by atoms with Crippen molar-refractivity contribution < 1.29 is 0 Å². The first-order valence-corrected chi connectivity index (χ1v) is 6.72. The molecule has 0 saturated heterocycles. The van der Waals surface area contributed by atoms with Crippen molar-refractivity contribution in [1.82, 2.24) is 14.8 Å². The van der Waals surface area contributed by atoms with Gasteiger partial charge in [-0.3, -0.25) is 0 Å². The van der Waals surface area contributed by atoms with Gasteiger partial charge in [0.1, 0.15) is 11.6 Å². The molecule has 0 bridgehead atoms. The normalized spacial score (nSPS) is 17.7. The van der Waals surface area contributed by atoms with E-state index in [-0.39, 0.29) is 0 Å². The maximum absolute atomic E-state index is 5.86. The van der Waals surface area contributed by atoms with E-state index in [2.05, 4.69) is 35.5 Å². The van der Waals surface area contributed by atoms with Crippen LogP contribution >= 0.6 is 0 Å². The van der Waals surface area contributed by atoms with E-state index in [1.807, 2.05) is 0 Å². The number of nitrogens with zero attached hydrogens (tertiary/aromatic N) is 3. The molecule has 1 fully saturated rings. The van der Waals surface area contributed by atoms with E-state index in [0.717, 1.165) is 24.6 Å². The quantitative estimate of drug-likeness (QED) is 0.822. The Morgan fingerprint density at radius 2 is 2.06 bits per heavy atom. The van der Waals surface area contributed by atoms with E-state index in [1.54, 1.807) is 0 Å². The standard InChI is InChI=1S/C13H24N4/c1-9(2)6-11(8-14)7-13-16-15-10(3)17(13)12-4-5-12/h9,11-12H,4-8,14H2,1-3H3. The van der Waals surface area contributed by atoms with E-state index in [9.17, 15) is 0 Å². The summed E-state index contributed by atoms with van der Waals surface area (Å²) in [7, 11) is 0. The van der Waals surface area contributed by atoms with Crippen LogP contribution in [0, 0.1) is 18.8 Å². The van der Waals surface area contributed by atoms with Gasteiger partial charge in [0, 0.05) is 12.5 Å². The number of aromatic nitrogens is 3. The van der Waals surface area contributed by atoms with Crippen LogP contribution in [0.3, 0.4) is 0 Å². The van der Waals surface area contributed by atoms with Gasteiger partial charge in [-0.1, -0.05) is 13.8 Å². The van der Waals surface area contributed by atoms with Crippen LogP contribution in [0.5, 0.6) is 0 Å². The van der Waals surface area contributed by atoms with E-state index < -0.39 is 0 Å². The summed E-state index contributed by atoms with van der Waals surface area (Å²) in [6, 6.07) is 0.664. The third-order valence-corrected chi connectivity index (χ3v) is 3.46. The molecule has 1 atom stereocenters. The van der Waals surface area contributed by atoms with Crippen molar-refractivity contribution in [3.8, 4) is 0 Å². The molecule has 0 radical (unpaired) electrons. The van der Waals surface area contributed by atoms with Crippen molar-refractivity contribution in [2.24, 2.45) is 17.6 Å². The Kier molecular flexibility index (Phi) is 3.82. The Bertz CT molecular complexity index is 365. The molecule has 0 aromatic carbocycles. The SMILES string of the molecule is Cc1nnc(CC(CN)CC(C)C)n1C1CC1. The Labute approximate surface area is 104 Å². The van der Waals surface area contributed by atoms with Crippen molar-refractivity contribution in [2.45, 2.75) is 52.5 Å². The van der Waals surface area contributed by atoms with Gasteiger partial charge in [0.2, 0.25) is 0 Å². The summed E-state index contributed by atoms with van der Waals surface area (Å²) < 4.78 is 2.32. The lowest BCUT2D eigenvalue weighted by Gasteiger charge is -2.17. The summed E-state index contributed by atoms with van der Waals surface area (Å²) in [5, 5.41) is 8.55. The molecule has 4 nitrogen and oxygen atoms in total. The van der Waals surface area contributed by atoms with Gasteiger partial charge < -0.3 is 10.3 Å². The van der Waals surface area contributed by atoms with E-state index in [4.69, 9.17) is 5.73 Å². The van der Waals surface area contributed by atoms with Gasteiger partial charge >= 0.3 is 0 Å². The number of hydrogen-bond acceptors (Lipinski definition) is 3. The zero-order valence-electron chi connectivity index (χ0n) is 11.2. The molecule has 1 aliphatic rings. The average Bonchev–Trinajstić information content (AvgIpc) is 3.03. The summed E-state index contributed by atoms with van der Waals surface area (Å²) in [6.45, 7) is 7.29. The van der Waals surface area contributed by atoms with Crippen LogP contribution in [0.2, 0.25) is 0 Å². The van der Waals surface area contributed by atoms with E-state index in [0.29, 0.717) is 17.9 Å². The first-order chi connectivity index (χ1) is 8.11. The molecule has 1 saturated carbocycles. The fourth-order valence-corrected chi connectivity index (χ4v) is 2.55. The lowest BCUT2D eigenvalue weighted by molar-refractivity contribution is 0.402. The molecule has 4 heteroatoms. The van der Waals surface area contributed by atoms with Crippen LogP contribution in [-0.4, -0.2) is 21.3 Å². The second-order valence-electron chi connectivity index (χ2n) is 5.70. The highest BCUT2D eigenvalue weighted by Crippen LogP contribution is 2.36. The second-order valence-corrected chi connectivity index (χ2v) is 5.70. The molecule has 1 aliphatic carbocycles. The number of hydrogen-bond donors (Lipinski definition) is 1. The van der Waals surface area contributed by atoms with Crippen LogP contribution < -0.4 is 5.73 Å². The molecule has 1 aromatic heterocycles. The smallest absolute Gasteiger partial charge is 0.133 e. The number of aryl methyl sites for hydroxylation is 1. The summed E-state index contributed by atoms with van der Waals surface area (Å²) in [5.41, 5.74) is 5.86. The summed E-state index contributed by atoms with van der Waals surface area (Å²) in [6.07, 6.45) is 4.71. The summed E-state index contributed by atoms with van der Waals surface area (Å²) in [5.74, 6) is 3.43. The second kappa shape index (κ2) is 5.17. The highest BCUT2D eigenvalue weighted by Gasteiger charge is 2.28. The molecule has 1 heterocycles. The van der Waals surface area contributed by atoms with Crippen LogP contribution in [-0.2, 0) is 6.42 Å². The molecule has 2 N–H and O–H groups in total. The lowest BCUT2D eigenvalue weighted by Crippen LogP contribution is -2.21. The van der Waals surface area contributed by atoms with Crippen molar-refractivity contribution in [3.05, 3.63) is 11.6 Å². The van der Waals surface area contributed by atoms with Crippen molar-refractivity contribution in [1.29, 1.82) is 0 Å². The maximum atomic E-state index is 5.86. The summed E-state index contributed by atoms with van der Waals surface area (Å²) in [4.78, 5) is 0. The van der Waals surface area contributed by atoms with Gasteiger partial charge in [-0.05, 0) is 44.6 Å². The minimum atomic E-state index is 0.538.